The zero-order valence-corrected chi connectivity index (χ0v) is 11.5. The first-order valence-electron chi connectivity index (χ1n) is 2.10. The van der Waals surface area contributed by atoms with Gasteiger partial charge in [-0.2, -0.15) is 5.26 Å². The second-order valence-corrected chi connectivity index (χ2v) is 2.34. The molecule has 0 amide bonds. The van der Waals surface area contributed by atoms with E-state index in [1.807, 2.05) is 0 Å². The summed E-state index contributed by atoms with van der Waals surface area (Å²) in [4.78, 5) is 19.3. The first-order chi connectivity index (χ1) is 4.06. The predicted octanol–water partition coefficient (Wildman–Crippen LogP) is -3.28. The van der Waals surface area contributed by atoms with Crippen molar-refractivity contribution in [1.82, 2.24) is 0 Å². The van der Waals surface area contributed by atoms with Gasteiger partial charge in [0.2, 0.25) is 0 Å². The summed E-state index contributed by atoms with van der Waals surface area (Å²) in [7, 11) is -4.85. The van der Waals surface area contributed by atoms with Crippen molar-refractivity contribution in [3.63, 3.8) is 0 Å². The number of phosphoric acid groups is 1. The Labute approximate surface area is 110 Å². The zero-order chi connectivity index (χ0) is 7.33. The largest absolute Gasteiger partial charge is 2.00 e. The maximum atomic E-state index is 9.65. The van der Waals surface area contributed by atoms with Crippen LogP contribution in [0.15, 0.2) is 0 Å². The van der Waals surface area contributed by atoms with E-state index in [0.717, 1.165) is 0 Å². The molecule has 0 aliphatic carbocycles. The minimum Gasteiger partial charge on any atom is -0.790 e. The van der Waals surface area contributed by atoms with E-state index in [4.69, 9.17) is 5.26 Å². The van der Waals surface area contributed by atoms with Gasteiger partial charge in [-0.3, -0.25) is 0 Å². The maximum Gasteiger partial charge on any atom is 2.00 e. The van der Waals surface area contributed by atoms with Crippen molar-refractivity contribution >= 4 is 56.7 Å². The molecule has 0 spiro atoms. The van der Waals surface area contributed by atoms with E-state index in [-0.39, 0.29) is 72.9 Å². The maximum absolute atomic E-state index is 9.65. The molecular weight excluding hydrogens is 314 g/mol. The van der Waals surface area contributed by atoms with Crippen LogP contribution in [-0.2, 0) is 9.09 Å². The van der Waals surface area contributed by atoms with Crippen molar-refractivity contribution < 1.29 is 29.8 Å². The Balaban J connectivity index is -0.000000107. The molecular formula is C3H8BaNO6P. The Kier molecular flexibility index (Phi) is 23.3. The second-order valence-electron chi connectivity index (χ2n) is 1.19. The van der Waals surface area contributed by atoms with Crippen LogP contribution in [0.25, 0.3) is 0 Å². The van der Waals surface area contributed by atoms with Crippen molar-refractivity contribution in [1.29, 1.82) is 5.26 Å². The molecule has 0 rings (SSSR count). The van der Waals surface area contributed by atoms with Crippen LogP contribution < -0.4 is 9.79 Å². The Morgan fingerprint density at radius 1 is 1.42 bits per heavy atom. The van der Waals surface area contributed by atoms with Crippen LogP contribution in [0.2, 0.25) is 0 Å². The van der Waals surface area contributed by atoms with Crippen LogP contribution in [0, 0.1) is 11.3 Å². The Hall–Kier alpha value is 1.09. The molecule has 0 aromatic rings. The molecule has 4 N–H and O–H groups in total. The van der Waals surface area contributed by atoms with E-state index in [1.165, 1.54) is 0 Å². The molecule has 0 bridgehead atoms. The second kappa shape index (κ2) is 12.1. The smallest absolute Gasteiger partial charge is 0.790 e. The first-order valence-corrected chi connectivity index (χ1v) is 3.56. The SMILES string of the molecule is N#CCCOP(=O)([O-])[O-].O.O.[Ba+2]. The molecule has 68 valence electrons. The van der Waals surface area contributed by atoms with Gasteiger partial charge in [0.15, 0.2) is 0 Å². The third-order valence-electron chi connectivity index (χ3n) is 0.463. The summed E-state index contributed by atoms with van der Waals surface area (Å²) in [5.41, 5.74) is 0. The van der Waals surface area contributed by atoms with Crippen LogP contribution in [0.4, 0.5) is 0 Å². The van der Waals surface area contributed by atoms with Crippen LogP contribution in [0.5, 0.6) is 0 Å². The van der Waals surface area contributed by atoms with Gasteiger partial charge >= 0.3 is 48.9 Å². The number of nitriles is 1. The van der Waals surface area contributed by atoms with Gasteiger partial charge in [0.1, 0.15) is 0 Å². The Morgan fingerprint density at radius 2 is 1.83 bits per heavy atom. The fraction of sp³-hybridized carbons (Fsp3) is 0.667. The van der Waals surface area contributed by atoms with Crippen LogP contribution >= 0.6 is 7.82 Å². The van der Waals surface area contributed by atoms with Crippen molar-refractivity contribution in [3.8, 4) is 6.07 Å². The van der Waals surface area contributed by atoms with Crippen LogP contribution in [0.1, 0.15) is 6.42 Å². The summed E-state index contributed by atoms with van der Waals surface area (Å²) in [5, 5.41) is 7.84. The summed E-state index contributed by atoms with van der Waals surface area (Å²) in [6, 6.07) is 1.62. The number of hydrogen-bond donors (Lipinski definition) is 0. The van der Waals surface area contributed by atoms with Crippen molar-refractivity contribution in [3.05, 3.63) is 0 Å². The van der Waals surface area contributed by atoms with Gasteiger partial charge in [-0.05, 0) is 0 Å². The predicted molar refractivity (Wildman–Crippen MR) is 36.8 cm³/mol. The molecule has 0 aliphatic heterocycles. The number of phosphoric ester groups is 1. The molecule has 0 aliphatic rings. The average molecular weight is 322 g/mol. The van der Waals surface area contributed by atoms with E-state index in [0.29, 0.717) is 0 Å². The van der Waals surface area contributed by atoms with Crippen LogP contribution in [0.3, 0.4) is 0 Å². The van der Waals surface area contributed by atoms with Gasteiger partial charge < -0.3 is 29.8 Å². The third kappa shape index (κ3) is 22.5. The quantitative estimate of drug-likeness (QED) is 0.302. The van der Waals surface area contributed by atoms with E-state index in [2.05, 4.69) is 4.52 Å². The van der Waals surface area contributed by atoms with Crippen molar-refractivity contribution in [2.45, 2.75) is 6.42 Å². The Bertz CT molecular complexity index is 163. The standard InChI is InChI=1S/C3H6NO4P.Ba.2H2O/c4-2-1-3-8-9(5,6)7;;;/h1,3H2,(H2,5,6,7);;2*1H2/q;+2;;/p-2. The third-order valence-corrected chi connectivity index (χ3v) is 0.962. The minimum atomic E-state index is -4.85. The monoisotopic (exact) mass is 323 g/mol. The van der Waals surface area contributed by atoms with Gasteiger partial charge in [-0.15, -0.1) is 0 Å². The Morgan fingerprint density at radius 3 is 2.08 bits per heavy atom. The molecule has 0 heterocycles. The molecule has 0 radical (unpaired) electrons. The van der Waals surface area contributed by atoms with Crippen LogP contribution in [-0.4, -0.2) is 66.4 Å². The minimum absolute atomic E-state index is 0. The zero-order valence-electron chi connectivity index (χ0n) is 6.15. The molecule has 0 fully saturated rings. The normalized spacial score (nSPS) is 8.08. The van der Waals surface area contributed by atoms with Gasteiger partial charge in [-0.1, -0.05) is 0 Å². The first kappa shape index (κ1) is 23.2. The van der Waals surface area contributed by atoms with Crippen molar-refractivity contribution in [2.75, 3.05) is 6.61 Å². The number of hydrogen-bond acceptors (Lipinski definition) is 5. The van der Waals surface area contributed by atoms with E-state index in [1.54, 1.807) is 6.07 Å². The molecule has 0 saturated heterocycles. The molecule has 0 aromatic heterocycles. The van der Waals surface area contributed by atoms with E-state index >= 15 is 0 Å². The molecule has 9 heteroatoms. The molecule has 7 nitrogen and oxygen atoms in total. The van der Waals surface area contributed by atoms with Gasteiger partial charge in [0, 0.05) is 0 Å². The molecule has 0 unspecified atom stereocenters. The summed E-state index contributed by atoms with van der Waals surface area (Å²) in [5.74, 6) is 0. The number of rotatable bonds is 3. The fourth-order valence-corrected chi connectivity index (χ4v) is 0.518. The molecule has 12 heavy (non-hydrogen) atoms. The average Bonchev–Trinajstić information content (AvgIpc) is 1.63. The molecule has 0 aromatic carbocycles. The summed E-state index contributed by atoms with van der Waals surface area (Å²) in [6.45, 7) is -0.346. The molecule has 0 saturated carbocycles. The van der Waals surface area contributed by atoms with Gasteiger partial charge in [-0.25, -0.2) is 0 Å². The van der Waals surface area contributed by atoms with E-state index < -0.39 is 7.82 Å². The van der Waals surface area contributed by atoms with Gasteiger partial charge in [0.05, 0.1) is 26.9 Å². The molecule has 0 atom stereocenters. The summed E-state index contributed by atoms with van der Waals surface area (Å²) < 4.78 is 13.3. The van der Waals surface area contributed by atoms with E-state index in [9.17, 15) is 14.4 Å². The number of nitrogens with zero attached hydrogens (tertiary/aromatic N) is 1. The summed E-state index contributed by atoms with van der Waals surface area (Å²) >= 11 is 0. The fourth-order valence-electron chi connectivity index (χ4n) is 0.203. The summed E-state index contributed by atoms with van der Waals surface area (Å²) in [6.07, 6.45) is -0.0888. The topological polar surface area (TPSA) is 159 Å². The van der Waals surface area contributed by atoms with Crippen molar-refractivity contribution in [2.24, 2.45) is 0 Å². The van der Waals surface area contributed by atoms with Gasteiger partial charge in [0.25, 0.3) is 0 Å².